The maximum atomic E-state index is 12.5. The molecule has 0 aliphatic carbocycles. The molecule has 0 aliphatic heterocycles. The second-order valence-corrected chi connectivity index (χ2v) is 6.05. The third-order valence-electron chi connectivity index (χ3n) is 4.34. The van der Waals surface area contributed by atoms with Gasteiger partial charge < -0.3 is 14.8 Å². The van der Waals surface area contributed by atoms with E-state index in [0.717, 1.165) is 17.8 Å². The fourth-order valence-corrected chi connectivity index (χ4v) is 2.79. The summed E-state index contributed by atoms with van der Waals surface area (Å²) in [6, 6.07) is 5.03. The summed E-state index contributed by atoms with van der Waals surface area (Å²) in [5, 5.41) is 11.5. The molecule has 1 aromatic carbocycles. The SMILES string of the molecule is CCn1ncc(Cn2cc(NC(=O)c3cc(OC)cc(OC)c3)cn2)c1C. The molecule has 0 bridgehead atoms. The van der Waals surface area contributed by atoms with Crippen molar-refractivity contribution in [2.24, 2.45) is 0 Å². The normalized spacial score (nSPS) is 10.7. The van der Waals surface area contributed by atoms with Crippen molar-refractivity contribution in [3.05, 3.63) is 53.6 Å². The van der Waals surface area contributed by atoms with E-state index in [1.165, 1.54) is 0 Å². The molecule has 0 atom stereocenters. The molecule has 1 amide bonds. The van der Waals surface area contributed by atoms with E-state index in [-0.39, 0.29) is 5.91 Å². The number of methoxy groups -OCH3 is 2. The van der Waals surface area contributed by atoms with E-state index in [2.05, 4.69) is 22.4 Å². The van der Waals surface area contributed by atoms with Gasteiger partial charge in [0.25, 0.3) is 5.91 Å². The molecule has 1 N–H and O–H groups in total. The molecular formula is C19H23N5O3. The third kappa shape index (κ3) is 4.11. The van der Waals surface area contributed by atoms with Crippen LogP contribution >= 0.6 is 0 Å². The molecule has 0 unspecified atom stereocenters. The van der Waals surface area contributed by atoms with Crippen LogP contribution in [0.2, 0.25) is 0 Å². The second kappa shape index (κ2) is 7.94. The van der Waals surface area contributed by atoms with Crippen LogP contribution in [0.25, 0.3) is 0 Å². The Labute approximate surface area is 157 Å². The number of nitrogens with zero attached hydrogens (tertiary/aromatic N) is 4. The standard InChI is InChI=1S/C19H23N5O3/c1-5-24-13(2)15(9-21-24)11-23-12-16(10-20-23)22-19(25)14-6-17(26-3)8-18(7-14)27-4/h6-10,12H,5,11H2,1-4H3,(H,22,25). The fourth-order valence-electron chi connectivity index (χ4n) is 2.79. The summed E-state index contributed by atoms with van der Waals surface area (Å²) >= 11 is 0. The Morgan fingerprint density at radius 2 is 1.81 bits per heavy atom. The highest BCUT2D eigenvalue weighted by molar-refractivity contribution is 6.04. The zero-order valence-electron chi connectivity index (χ0n) is 15.9. The van der Waals surface area contributed by atoms with Gasteiger partial charge in [-0.05, 0) is 26.0 Å². The first kappa shape index (κ1) is 18.5. The maximum Gasteiger partial charge on any atom is 0.256 e. The van der Waals surface area contributed by atoms with E-state index in [1.54, 1.807) is 49.5 Å². The number of ether oxygens (including phenoxy) is 2. The molecule has 3 rings (SSSR count). The molecule has 0 spiro atoms. The monoisotopic (exact) mass is 369 g/mol. The van der Waals surface area contributed by atoms with Crippen LogP contribution < -0.4 is 14.8 Å². The highest BCUT2D eigenvalue weighted by Crippen LogP contribution is 2.23. The number of hydrogen-bond acceptors (Lipinski definition) is 5. The lowest BCUT2D eigenvalue weighted by molar-refractivity contribution is 0.102. The first-order valence-corrected chi connectivity index (χ1v) is 8.62. The zero-order chi connectivity index (χ0) is 19.4. The van der Waals surface area contributed by atoms with Crippen LogP contribution in [0.15, 0.2) is 36.8 Å². The Morgan fingerprint density at radius 1 is 1.11 bits per heavy atom. The van der Waals surface area contributed by atoms with Crippen LogP contribution in [0.5, 0.6) is 11.5 Å². The van der Waals surface area contributed by atoms with Gasteiger partial charge in [-0.2, -0.15) is 10.2 Å². The number of aromatic nitrogens is 4. The summed E-state index contributed by atoms with van der Waals surface area (Å²) in [6.45, 7) is 5.51. The largest absolute Gasteiger partial charge is 0.497 e. The summed E-state index contributed by atoms with van der Waals surface area (Å²) in [7, 11) is 3.09. The zero-order valence-corrected chi connectivity index (χ0v) is 15.9. The molecule has 3 aromatic rings. The number of carbonyl (C=O) groups excluding carboxylic acids is 1. The quantitative estimate of drug-likeness (QED) is 0.692. The minimum absolute atomic E-state index is 0.262. The lowest BCUT2D eigenvalue weighted by Gasteiger charge is -2.08. The minimum atomic E-state index is -0.262. The number of benzene rings is 1. The van der Waals surface area contributed by atoms with Crippen LogP contribution in [0.4, 0.5) is 5.69 Å². The molecule has 142 valence electrons. The average Bonchev–Trinajstić information content (AvgIpc) is 3.27. The number of nitrogens with one attached hydrogen (secondary N) is 1. The summed E-state index contributed by atoms with van der Waals surface area (Å²) in [5.74, 6) is 0.846. The summed E-state index contributed by atoms with van der Waals surface area (Å²) < 4.78 is 14.1. The number of rotatable bonds is 7. The van der Waals surface area contributed by atoms with Gasteiger partial charge >= 0.3 is 0 Å². The van der Waals surface area contributed by atoms with Gasteiger partial charge in [0.05, 0.1) is 38.8 Å². The summed E-state index contributed by atoms with van der Waals surface area (Å²) in [5.41, 5.74) is 3.26. The smallest absolute Gasteiger partial charge is 0.256 e. The van der Waals surface area contributed by atoms with E-state index in [4.69, 9.17) is 9.47 Å². The Balaban J connectivity index is 1.72. The number of hydrogen-bond donors (Lipinski definition) is 1. The van der Waals surface area contributed by atoms with Gasteiger partial charge in [-0.1, -0.05) is 0 Å². The van der Waals surface area contributed by atoms with Gasteiger partial charge in [-0.25, -0.2) is 0 Å². The Bertz CT molecular complexity index is 922. The summed E-state index contributed by atoms with van der Waals surface area (Å²) in [6.07, 6.45) is 5.26. The molecule has 27 heavy (non-hydrogen) atoms. The van der Waals surface area contributed by atoms with Crippen LogP contribution in [0, 0.1) is 6.92 Å². The summed E-state index contributed by atoms with van der Waals surface area (Å²) in [4.78, 5) is 12.5. The molecule has 0 radical (unpaired) electrons. The van der Waals surface area contributed by atoms with E-state index in [0.29, 0.717) is 29.3 Å². The van der Waals surface area contributed by atoms with Crippen molar-refractivity contribution in [1.82, 2.24) is 19.6 Å². The van der Waals surface area contributed by atoms with Crippen molar-refractivity contribution in [3.63, 3.8) is 0 Å². The number of amides is 1. The topological polar surface area (TPSA) is 83.2 Å². The Morgan fingerprint density at radius 3 is 2.41 bits per heavy atom. The Hall–Kier alpha value is -3.29. The van der Waals surface area contributed by atoms with Crippen molar-refractivity contribution in [2.75, 3.05) is 19.5 Å². The highest BCUT2D eigenvalue weighted by atomic mass is 16.5. The first-order valence-electron chi connectivity index (χ1n) is 8.62. The van der Waals surface area contributed by atoms with E-state index < -0.39 is 0 Å². The van der Waals surface area contributed by atoms with Gasteiger partial charge in [0.1, 0.15) is 11.5 Å². The fraction of sp³-hybridized carbons (Fsp3) is 0.316. The number of carbonyl (C=O) groups is 1. The minimum Gasteiger partial charge on any atom is -0.497 e. The molecule has 2 heterocycles. The molecule has 0 fully saturated rings. The number of anilines is 1. The van der Waals surface area contributed by atoms with Gasteiger partial charge in [0.2, 0.25) is 0 Å². The van der Waals surface area contributed by atoms with Crippen LogP contribution in [0.3, 0.4) is 0 Å². The maximum absolute atomic E-state index is 12.5. The predicted molar refractivity (Wildman–Crippen MR) is 101 cm³/mol. The molecule has 8 nitrogen and oxygen atoms in total. The Kier molecular flexibility index (Phi) is 5.44. The lowest BCUT2D eigenvalue weighted by Crippen LogP contribution is -2.12. The van der Waals surface area contributed by atoms with Crippen molar-refractivity contribution >= 4 is 11.6 Å². The molecule has 2 aromatic heterocycles. The van der Waals surface area contributed by atoms with Gasteiger partial charge in [-0.3, -0.25) is 14.2 Å². The van der Waals surface area contributed by atoms with Gasteiger partial charge in [-0.15, -0.1) is 0 Å². The van der Waals surface area contributed by atoms with Crippen molar-refractivity contribution in [2.45, 2.75) is 26.9 Å². The van der Waals surface area contributed by atoms with Crippen LogP contribution in [-0.2, 0) is 13.1 Å². The third-order valence-corrected chi connectivity index (χ3v) is 4.34. The molecule has 0 aliphatic rings. The van der Waals surface area contributed by atoms with E-state index in [1.807, 2.05) is 17.8 Å². The van der Waals surface area contributed by atoms with E-state index >= 15 is 0 Å². The van der Waals surface area contributed by atoms with Gasteiger partial charge in [0.15, 0.2) is 0 Å². The molecule has 8 heteroatoms. The van der Waals surface area contributed by atoms with Crippen LogP contribution in [-0.4, -0.2) is 39.7 Å². The number of aryl methyl sites for hydroxylation is 1. The van der Waals surface area contributed by atoms with Crippen molar-refractivity contribution in [1.29, 1.82) is 0 Å². The highest BCUT2D eigenvalue weighted by Gasteiger charge is 2.12. The first-order chi connectivity index (χ1) is 13.0. The molecule has 0 saturated heterocycles. The van der Waals surface area contributed by atoms with Crippen LogP contribution in [0.1, 0.15) is 28.5 Å². The van der Waals surface area contributed by atoms with Crippen molar-refractivity contribution < 1.29 is 14.3 Å². The second-order valence-electron chi connectivity index (χ2n) is 6.05. The predicted octanol–water partition coefficient (Wildman–Crippen LogP) is 2.73. The van der Waals surface area contributed by atoms with Crippen molar-refractivity contribution in [3.8, 4) is 11.5 Å². The molecular weight excluding hydrogens is 346 g/mol. The van der Waals surface area contributed by atoms with Gasteiger partial charge in [0, 0.05) is 35.6 Å². The lowest BCUT2D eigenvalue weighted by atomic mass is 10.2. The average molecular weight is 369 g/mol. The molecule has 0 saturated carbocycles. The van der Waals surface area contributed by atoms with E-state index in [9.17, 15) is 4.79 Å².